The average Bonchev–Trinajstić information content (AvgIpc) is 2.80. The molecule has 156 valence electrons. The third kappa shape index (κ3) is 5.96. The van der Waals surface area contributed by atoms with E-state index < -0.39 is 6.10 Å². The van der Waals surface area contributed by atoms with E-state index in [4.69, 9.17) is 9.47 Å². The smallest absolute Gasteiger partial charge is 0.161 e. The van der Waals surface area contributed by atoms with Gasteiger partial charge in [0.25, 0.3) is 0 Å². The Morgan fingerprint density at radius 2 is 1.53 bits per heavy atom. The van der Waals surface area contributed by atoms with E-state index in [1.165, 1.54) is 0 Å². The van der Waals surface area contributed by atoms with Crippen LogP contribution >= 0.6 is 0 Å². The first kappa shape index (κ1) is 21.6. The van der Waals surface area contributed by atoms with Crippen molar-refractivity contribution in [1.29, 1.82) is 0 Å². The molecule has 1 unspecified atom stereocenters. The van der Waals surface area contributed by atoms with Crippen molar-refractivity contribution in [3.63, 3.8) is 0 Å². The second-order valence-corrected chi connectivity index (χ2v) is 7.04. The van der Waals surface area contributed by atoms with E-state index in [2.05, 4.69) is 29.6 Å². The Bertz CT molecular complexity index is 886. The maximum atomic E-state index is 10.5. The van der Waals surface area contributed by atoms with Gasteiger partial charge in [-0.3, -0.25) is 0 Å². The van der Waals surface area contributed by atoms with Crippen molar-refractivity contribution in [2.24, 2.45) is 0 Å². The molecule has 0 saturated heterocycles. The van der Waals surface area contributed by atoms with Gasteiger partial charge in [0.1, 0.15) is 12.7 Å². The van der Waals surface area contributed by atoms with Crippen molar-refractivity contribution in [1.82, 2.24) is 5.32 Å². The molecule has 30 heavy (non-hydrogen) atoms. The molecule has 4 heteroatoms. The van der Waals surface area contributed by atoms with Crippen molar-refractivity contribution in [2.45, 2.75) is 19.1 Å². The van der Waals surface area contributed by atoms with Crippen LogP contribution in [0.25, 0.3) is 6.08 Å². The largest absolute Gasteiger partial charge is 0.493 e. The number of hydrogen-bond donors (Lipinski definition) is 2. The molecule has 4 nitrogen and oxygen atoms in total. The Morgan fingerprint density at radius 1 is 0.900 bits per heavy atom. The zero-order valence-electron chi connectivity index (χ0n) is 17.5. The molecule has 3 aromatic rings. The Labute approximate surface area is 178 Å². The van der Waals surface area contributed by atoms with Gasteiger partial charge in [-0.1, -0.05) is 78.9 Å². The third-order valence-electron chi connectivity index (χ3n) is 4.80. The van der Waals surface area contributed by atoms with Gasteiger partial charge in [-0.05, 0) is 35.7 Å². The number of ether oxygens (including phenoxy) is 2. The lowest BCUT2D eigenvalue weighted by Crippen LogP contribution is -2.34. The molecule has 0 heterocycles. The van der Waals surface area contributed by atoms with Crippen molar-refractivity contribution < 1.29 is 14.6 Å². The molecule has 0 spiro atoms. The van der Waals surface area contributed by atoms with Crippen LogP contribution < -0.4 is 14.8 Å². The van der Waals surface area contributed by atoms with Crippen LogP contribution in [0.2, 0.25) is 0 Å². The summed E-state index contributed by atoms with van der Waals surface area (Å²) in [6, 6.07) is 26.2. The zero-order valence-corrected chi connectivity index (χ0v) is 17.5. The molecule has 0 saturated carbocycles. The van der Waals surface area contributed by atoms with Crippen LogP contribution in [0.15, 0.2) is 84.9 Å². The van der Waals surface area contributed by atoms with Crippen LogP contribution in [-0.4, -0.2) is 31.5 Å². The number of benzene rings is 3. The van der Waals surface area contributed by atoms with Crippen molar-refractivity contribution >= 4 is 6.08 Å². The van der Waals surface area contributed by atoms with Crippen LogP contribution in [0, 0.1) is 0 Å². The Balaban J connectivity index is 1.62. The number of aliphatic hydroxyl groups excluding tert-OH is 1. The molecule has 0 aromatic heterocycles. The van der Waals surface area contributed by atoms with E-state index in [9.17, 15) is 5.11 Å². The Morgan fingerprint density at radius 3 is 2.10 bits per heavy atom. The van der Waals surface area contributed by atoms with Crippen molar-refractivity contribution in [3.05, 3.63) is 102 Å². The van der Waals surface area contributed by atoms with Crippen molar-refractivity contribution in [3.8, 4) is 11.5 Å². The number of allylic oxidation sites excluding steroid dienone is 1. The minimum absolute atomic E-state index is 0.00305. The van der Waals surface area contributed by atoms with Gasteiger partial charge in [0, 0.05) is 6.54 Å². The summed E-state index contributed by atoms with van der Waals surface area (Å²) in [6.07, 6.45) is 3.30. The van der Waals surface area contributed by atoms with Crippen LogP contribution in [0.1, 0.15) is 29.7 Å². The van der Waals surface area contributed by atoms with Gasteiger partial charge >= 0.3 is 0 Å². The molecule has 0 bridgehead atoms. The van der Waals surface area contributed by atoms with E-state index in [1.807, 2.05) is 73.7 Å². The number of methoxy groups -OCH3 is 1. The molecule has 3 aromatic carbocycles. The van der Waals surface area contributed by atoms with Gasteiger partial charge < -0.3 is 19.9 Å². The summed E-state index contributed by atoms with van der Waals surface area (Å²) in [4.78, 5) is 0. The van der Waals surface area contributed by atoms with E-state index in [1.54, 1.807) is 7.11 Å². The quantitative estimate of drug-likeness (QED) is 0.508. The van der Waals surface area contributed by atoms with Gasteiger partial charge in [-0.15, -0.1) is 0 Å². The second-order valence-electron chi connectivity index (χ2n) is 7.04. The van der Waals surface area contributed by atoms with Gasteiger partial charge in [-0.2, -0.15) is 0 Å². The van der Waals surface area contributed by atoms with E-state index in [-0.39, 0.29) is 12.6 Å². The summed E-state index contributed by atoms with van der Waals surface area (Å²) in [5.74, 6) is 1.27. The van der Waals surface area contributed by atoms with Crippen LogP contribution in [0.3, 0.4) is 0 Å². The maximum absolute atomic E-state index is 10.5. The highest BCUT2D eigenvalue weighted by Crippen LogP contribution is 2.29. The first-order valence-electron chi connectivity index (χ1n) is 10.2. The molecule has 0 fully saturated rings. The summed E-state index contributed by atoms with van der Waals surface area (Å²) in [5, 5.41) is 14.0. The highest BCUT2D eigenvalue weighted by Gasteiger charge is 2.16. The molecule has 1 atom stereocenters. The topological polar surface area (TPSA) is 50.7 Å². The minimum Gasteiger partial charge on any atom is -0.493 e. The third-order valence-corrected chi connectivity index (χ3v) is 4.80. The number of rotatable bonds is 10. The summed E-state index contributed by atoms with van der Waals surface area (Å²) in [6.45, 7) is 2.54. The molecule has 0 aliphatic carbocycles. The van der Waals surface area contributed by atoms with E-state index >= 15 is 0 Å². The molecule has 0 aliphatic heterocycles. The Kier molecular flexibility index (Phi) is 8.07. The van der Waals surface area contributed by atoms with Gasteiger partial charge in [0.2, 0.25) is 0 Å². The fourth-order valence-corrected chi connectivity index (χ4v) is 3.32. The van der Waals surface area contributed by atoms with Gasteiger partial charge in [0.05, 0.1) is 13.2 Å². The number of hydrogen-bond acceptors (Lipinski definition) is 4. The molecule has 0 aliphatic rings. The zero-order chi connectivity index (χ0) is 21.2. The highest BCUT2D eigenvalue weighted by atomic mass is 16.5. The van der Waals surface area contributed by atoms with E-state index in [0.29, 0.717) is 18.0 Å². The fourth-order valence-electron chi connectivity index (χ4n) is 3.32. The number of nitrogens with one attached hydrogen (secondary N) is 1. The normalized spacial score (nSPS) is 12.3. The molecular weight excluding hydrogens is 374 g/mol. The first-order valence-corrected chi connectivity index (χ1v) is 10.2. The summed E-state index contributed by atoms with van der Waals surface area (Å²) >= 11 is 0. The lowest BCUT2D eigenvalue weighted by Gasteiger charge is -2.22. The van der Waals surface area contributed by atoms with Gasteiger partial charge in [0.15, 0.2) is 11.5 Å². The lowest BCUT2D eigenvalue weighted by atomic mass is 9.98. The SMILES string of the molecule is C/C=C/c1ccc(OCC(O)CNC(c2ccccc2)c2ccccc2)c(OC)c1. The van der Waals surface area contributed by atoms with Crippen LogP contribution in [0.5, 0.6) is 11.5 Å². The van der Waals surface area contributed by atoms with Gasteiger partial charge in [-0.25, -0.2) is 0 Å². The Hall–Kier alpha value is -3.08. The number of aliphatic hydroxyl groups is 1. The molecule has 2 N–H and O–H groups in total. The maximum Gasteiger partial charge on any atom is 0.161 e. The monoisotopic (exact) mass is 403 g/mol. The standard InChI is InChI=1S/C26H29NO3/c1-3-10-20-15-16-24(25(17-20)29-2)30-19-23(28)18-27-26(21-11-6-4-7-12-21)22-13-8-5-9-14-22/h3-17,23,26-28H,18-19H2,1-2H3/b10-3+. The van der Waals surface area contributed by atoms with Crippen LogP contribution in [-0.2, 0) is 0 Å². The van der Waals surface area contributed by atoms with E-state index in [0.717, 1.165) is 16.7 Å². The predicted octanol–water partition coefficient (Wildman–Crippen LogP) is 4.85. The van der Waals surface area contributed by atoms with Crippen molar-refractivity contribution in [2.75, 3.05) is 20.3 Å². The lowest BCUT2D eigenvalue weighted by molar-refractivity contribution is 0.103. The van der Waals surface area contributed by atoms with Crippen LogP contribution in [0.4, 0.5) is 0 Å². The summed E-state index contributed by atoms with van der Waals surface area (Å²) < 4.78 is 11.2. The molecule has 0 radical (unpaired) electrons. The minimum atomic E-state index is -0.667. The second kappa shape index (κ2) is 11.2. The molecule has 3 rings (SSSR count). The fraction of sp³-hybridized carbons (Fsp3) is 0.231. The molecule has 0 amide bonds. The predicted molar refractivity (Wildman–Crippen MR) is 122 cm³/mol. The average molecular weight is 404 g/mol. The first-order chi connectivity index (χ1) is 14.7. The summed E-state index contributed by atoms with van der Waals surface area (Å²) in [5.41, 5.74) is 3.34. The molecular formula is C26H29NO3. The summed E-state index contributed by atoms with van der Waals surface area (Å²) in [7, 11) is 1.62. The highest BCUT2D eigenvalue weighted by molar-refractivity contribution is 5.55.